The van der Waals surface area contributed by atoms with E-state index in [2.05, 4.69) is 0 Å². The van der Waals surface area contributed by atoms with Crippen LogP contribution < -0.4 is 14.4 Å². The van der Waals surface area contributed by atoms with E-state index in [1.54, 1.807) is 49.6 Å². The predicted octanol–water partition coefficient (Wildman–Crippen LogP) is 6.59. The standard InChI is InChI=1S/C27H24ClNO4S/c1-29(20-11-5-3-6-12-20)24-18-17-23(26(28)27(24)32-2)22-15-9-10-16-25(22)33-19-34(30,31)21-13-7-4-8-14-21/h3-18H,19H2,1-2H3. The molecule has 0 aliphatic heterocycles. The zero-order valence-electron chi connectivity index (χ0n) is 18.8. The first-order chi connectivity index (χ1) is 16.4. The Kier molecular flexibility index (Phi) is 7.10. The fraction of sp³-hybridized carbons (Fsp3) is 0.111. The maximum Gasteiger partial charge on any atom is 0.213 e. The van der Waals surface area contributed by atoms with E-state index in [4.69, 9.17) is 21.1 Å². The SMILES string of the molecule is COc1c(N(C)c2ccccc2)ccc(-c2ccccc2OCS(=O)(=O)c2ccccc2)c1Cl. The van der Waals surface area contributed by atoms with Crippen molar-refractivity contribution in [3.63, 3.8) is 0 Å². The number of benzene rings is 4. The Morgan fingerprint density at radius 2 is 1.41 bits per heavy atom. The maximum atomic E-state index is 12.7. The van der Waals surface area contributed by atoms with E-state index in [0.29, 0.717) is 27.6 Å². The van der Waals surface area contributed by atoms with Gasteiger partial charge >= 0.3 is 0 Å². The van der Waals surface area contributed by atoms with Crippen molar-refractivity contribution in [3.05, 3.63) is 102 Å². The topological polar surface area (TPSA) is 55.8 Å². The number of para-hydroxylation sites is 2. The molecule has 0 unspecified atom stereocenters. The predicted molar refractivity (Wildman–Crippen MR) is 137 cm³/mol. The first-order valence-electron chi connectivity index (χ1n) is 10.6. The minimum atomic E-state index is -3.62. The van der Waals surface area contributed by atoms with Gasteiger partial charge in [0.1, 0.15) is 5.75 Å². The molecule has 0 aliphatic rings. The fourth-order valence-electron chi connectivity index (χ4n) is 3.65. The van der Waals surface area contributed by atoms with Crippen LogP contribution in [0.1, 0.15) is 0 Å². The first kappa shape index (κ1) is 23.7. The molecule has 4 aromatic rings. The zero-order valence-corrected chi connectivity index (χ0v) is 20.4. The summed E-state index contributed by atoms with van der Waals surface area (Å²) in [5, 5.41) is 0.407. The average molecular weight is 494 g/mol. The van der Waals surface area contributed by atoms with E-state index in [-0.39, 0.29) is 4.90 Å². The molecule has 5 nitrogen and oxygen atoms in total. The Hall–Kier alpha value is -3.48. The third-order valence-electron chi connectivity index (χ3n) is 5.43. The molecule has 0 amide bonds. The summed E-state index contributed by atoms with van der Waals surface area (Å²) < 4.78 is 36.9. The van der Waals surface area contributed by atoms with Crippen LogP contribution in [0.15, 0.2) is 102 Å². The van der Waals surface area contributed by atoms with Gasteiger partial charge in [-0.05, 0) is 36.4 Å². The highest BCUT2D eigenvalue weighted by molar-refractivity contribution is 7.91. The Balaban J connectivity index is 1.68. The molecule has 4 aromatic carbocycles. The Bertz CT molecular complexity index is 1380. The van der Waals surface area contributed by atoms with Gasteiger partial charge < -0.3 is 14.4 Å². The number of hydrogen-bond donors (Lipinski definition) is 0. The molecule has 34 heavy (non-hydrogen) atoms. The molecule has 174 valence electrons. The second kappa shape index (κ2) is 10.2. The fourth-order valence-corrected chi connectivity index (χ4v) is 4.98. The van der Waals surface area contributed by atoms with Gasteiger partial charge in [-0.2, -0.15) is 0 Å². The van der Waals surface area contributed by atoms with Crippen LogP contribution in [0.25, 0.3) is 11.1 Å². The highest BCUT2D eigenvalue weighted by atomic mass is 35.5. The third kappa shape index (κ3) is 4.88. The molecule has 7 heteroatoms. The number of nitrogens with zero attached hydrogens (tertiary/aromatic N) is 1. The maximum absolute atomic E-state index is 12.7. The van der Waals surface area contributed by atoms with Crippen molar-refractivity contribution in [2.24, 2.45) is 0 Å². The molecule has 0 N–H and O–H groups in total. The lowest BCUT2D eigenvalue weighted by atomic mass is 10.0. The van der Waals surface area contributed by atoms with E-state index < -0.39 is 15.8 Å². The van der Waals surface area contributed by atoms with Gasteiger partial charge in [0, 0.05) is 23.9 Å². The van der Waals surface area contributed by atoms with Gasteiger partial charge in [0.25, 0.3) is 0 Å². The molecule has 0 saturated heterocycles. The minimum absolute atomic E-state index is 0.209. The summed E-state index contributed by atoms with van der Waals surface area (Å²) in [5.41, 5.74) is 3.13. The Morgan fingerprint density at radius 3 is 2.09 bits per heavy atom. The molecule has 0 atom stereocenters. The smallest absolute Gasteiger partial charge is 0.213 e. The van der Waals surface area contributed by atoms with Crippen molar-refractivity contribution in [1.82, 2.24) is 0 Å². The number of methoxy groups -OCH3 is 1. The highest BCUT2D eigenvalue weighted by Gasteiger charge is 2.21. The van der Waals surface area contributed by atoms with Crippen molar-refractivity contribution in [3.8, 4) is 22.6 Å². The van der Waals surface area contributed by atoms with E-state index in [0.717, 1.165) is 11.4 Å². The molecule has 0 aliphatic carbocycles. The van der Waals surface area contributed by atoms with Gasteiger partial charge in [-0.15, -0.1) is 0 Å². The first-order valence-corrected chi connectivity index (χ1v) is 12.6. The zero-order chi connectivity index (χ0) is 24.1. The number of halogens is 1. The van der Waals surface area contributed by atoms with Crippen LogP contribution in [0.3, 0.4) is 0 Å². The van der Waals surface area contributed by atoms with Crippen LogP contribution in [0.2, 0.25) is 5.02 Å². The van der Waals surface area contributed by atoms with Crippen molar-refractivity contribution < 1.29 is 17.9 Å². The number of hydrogen-bond acceptors (Lipinski definition) is 5. The summed E-state index contributed by atoms with van der Waals surface area (Å²) in [6.45, 7) is 0. The van der Waals surface area contributed by atoms with Crippen LogP contribution in [0.5, 0.6) is 11.5 Å². The Labute approximate surface area is 205 Å². The lowest BCUT2D eigenvalue weighted by molar-refractivity contribution is 0.378. The van der Waals surface area contributed by atoms with Crippen LogP contribution in [-0.4, -0.2) is 28.5 Å². The number of ether oxygens (including phenoxy) is 2. The van der Waals surface area contributed by atoms with E-state index in [1.807, 2.05) is 66.5 Å². The van der Waals surface area contributed by atoms with E-state index >= 15 is 0 Å². The summed E-state index contributed by atoms with van der Waals surface area (Å²) in [7, 11) is -0.105. The van der Waals surface area contributed by atoms with Gasteiger partial charge in [0.2, 0.25) is 9.84 Å². The van der Waals surface area contributed by atoms with Crippen LogP contribution >= 0.6 is 11.6 Å². The van der Waals surface area contributed by atoms with Gasteiger partial charge in [-0.3, -0.25) is 0 Å². The molecule has 0 aromatic heterocycles. The number of sulfone groups is 1. The molecule has 0 bridgehead atoms. The summed E-state index contributed by atoms with van der Waals surface area (Å²) in [6.07, 6.45) is 0. The lowest BCUT2D eigenvalue weighted by Gasteiger charge is -2.24. The largest absolute Gasteiger partial charge is 0.493 e. The summed E-state index contributed by atoms with van der Waals surface area (Å²) in [5.74, 6) is 0.435. The van der Waals surface area contributed by atoms with Crippen molar-refractivity contribution in [2.45, 2.75) is 4.90 Å². The van der Waals surface area contributed by atoms with Crippen molar-refractivity contribution in [1.29, 1.82) is 0 Å². The lowest BCUT2D eigenvalue weighted by Crippen LogP contribution is -2.13. The number of rotatable bonds is 8. The van der Waals surface area contributed by atoms with Gasteiger partial charge in [-0.25, -0.2) is 8.42 Å². The van der Waals surface area contributed by atoms with Crippen LogP contribution in [0.4, 0.5) is 11.4 Å². The van der Waals surface area contributed by atoms with Gasteiger partial charge in [0.05, 0.1) is 22.7 Å². The minimum Gasteiger partial charge on any atom is -0.493 e. The summed E-state index contributed by atoms with van der Waals surface area (Å²) in [4.78, 5) is 2.20. The van der Waals surface area contributed by atoms with Crippen LogP contribution in [0, 0.1) is 0 Å². The molecule has 0 radical (unpaired) electrons. The van der Waals surface area contributed by atoms with Crippen molar-refractivity contribution in [2.75, 3.05) is 25.0 Å². The molecule has 0 spiro atoms. The third-order valence-corrected chi connectivity index (χ3v) is 7.23. The second-order valence-electron chi connectivity index (χ2n) is 7.56. The average Bonchev–Trinajstić information content (AvgIpc) is 2.88. The molecule has 4 rings (SSSR count). The van der Waals surface area contributed by atoms with Gasteiger partial charge in [0.15, 0.2) is 11.7 Å². The van der Waals surface area contributed by atoms with Gasteiger partial charge in [-0.1, -0.05) is 72.3 Å². The quantitative estimate of drug-likeness (QED) is 0.277. The number of anilines is 2. The molecular formula is C27H24ClNO4S. The highest BCUT2D eigenvalue weighted by Crippen LogP contribution is 2.45. The van der Waals surface area contributed by atoms with Crippen LogP contribution in [-0.2, 0) is 9.84 Å². The molecule has 0 fully saturated rings. The van der Waals surface area contributed by atoms with E-state index in [1.165, 1.54) is 0 Å². The second-order valence-corrected chi connectivity index (χ2v) is 9.87. The molecule has 0 saturated carbocycles. The van der Waals surface area contributed by atoms with E-state index in [9.17, 15) is 8.42 Å². The van der Waals surface area contributed by atoms with Crippen molar-refractivity contribution >= 4 is 32.8 Å². The monoisotopic (exact) mass is 493 g/mol. The summed E-state index contributed by atoms with van der Waals surface area (Å²) in [6, 6.07) is 29.1. The normalized spacial score (nSPS) is 11.1. The molecular weight excluding hydrogens is 470 g/mol. The Morgan fingerprint density at radius 1 is 0.794 bits per heavy atom. The molecule has 0 heterocycles. The summed E-state index contributed by atoms with van der Waals surface area (Å²) >= 11 is 6.81.